The molecule has 0 saturated heterocycles. The summed E-state index contributed by atoms with van der Waals surface area (Å²) in [6.07, 6.45) is 0. The van der Waals surface area contributed by atoms with Gasteiger partial charge in [0.15, 0.2) is 34.7 Å². The van der Waals surface area contributed by atoms with Crippen LogP contribution >= 0.6 is 9.24 Å². The fraction of sp³-hybridized carbons (Fsp3) is 0.200. The van der Waals surface area contributed by atoms with Crippen molar-refractivity contribution in [1.82, 2.24) is 0 Å². The monoisotopic (exact) mass is 514 g/mol. The van der Waals surface area contributed by atoms with Gasteiger partial charge in [-0.2, -0.15) is 0 Å². The summed E-state index contributed by atoms with van der Waals surface area (Å²) >= 11 is 0. The molecule has 0 spiro atoms. The van der Waals surface area contributed by atoms with E-state index in [1.54, 1.807) is 30.3 Å². The first-order valence-electron chi connectivity index (χ1n) is 11.6. The van der Waals surface area contributed by atoms with Crippen LogP contribution in [-0.4, -0.2) is 34.7 Å². The maximum absolute atomic E-state index is 12.9. The summed E-state index contributed by atoms with van der Waals surface area (Å²) in [5.41, 5.74) is 2.50. The summed E-state index contributed by atoms with van der Waals surface area (Å²) in [5, 5.41) is 0.666. The Hall–Kier alpha value is -3.89. The van der Waals surface area contributed by atoms with Gasteiger partial charge in [-0.05, 0) is 69.1 Å². The van der Waals surface area contributed by atoms with Crippen LogP contribution in [0.1, 0.15) is 104 Å². The molecule has 0 aliphatic rings. The maximum Gasteiger partial charge on any atom is 0.161 e. The number of hydrogen-bond acceptors (Lipinski definition) is 6. The Balaban J connectivity index is 2.57. The van der Waals surface area contributed by atoms with Crippen LogP contribution < -0.4 is 5.30 Å². The minimum Gasteiger partial charge on any atom is -0.294 e. The predicted octanol–water partition coefficient (Wildman–Crippen LogP) is 5.74. The van der Waals surface area contributed by atoms with E-state index in [-0.39, 0.29) is 44.9 Å². The lowest BCUT2D eigenvalue weighted by Gasteiger charge is -2.21. The zero-order valence-corrected chi connectivity index (χ0v) is 22.7. The molecule has 3 aromatic carbocycles. The first kappa shape index (κ1) is 27.7. The fourth-order valence-electron chi connectivity index (χ4n) is 4.78. The van der Waals surface area contributed by atoms with Crippen molar-refractivity contribution in [2.24, 2.45) is 0 Å². The molecular weight excluding hydrogens is 487 g/mol. The normalized spacial score (nSPS) is 10.7. The second-order valence-electron chi connectivity index (χ2n) is 8.93. The largest absolute Gasteiger partial charge is 0.294 e. The Morgan fingerprint density at radius 3 is 1.27 bits per heavy atom. The van der Waals surface area contributed by atoms with E-state index in [9.17, 15) is 28.8 Å². The van der Waals surface area contributed by atoms with Crippen LogP contribution in [0.4, 0.5) is 0 Å². The molecule has 0 heterocycles. The van der Waals surface area contributed by atoms with Crippen molar-refractivity contribution in [3.63, 3.8) is 0 Å². The van der Waals surface area contributed by atoms with Crippen molar-refractivity contribution in [3.05, 3.63) is 75.8 Å². The molecule has 0 fully saturated rings. The van der Waals surface area contributed by atoms with E-state index in [1.807, 2.05) is 0 Å². The van der Waals surface area contributed by atoms with Crippen LogP contribution in [0.3, 0.4) is 0 Å². The van der Waals surface area contributed by atoms with Crippen LogP contribution in [0.25, 0.3) is 22.3 Å². The average Bonchev–Trinajstić information content (AvgIpc) is 2.81. The molecule has 1 unspecified atom stereocenters. The van der Waals surface area contributed by atoms with Crippen LogP contribution in [0.2, 0.25) is 0 Å². The highest BCUT2D eigenvalue weighted by atomic mass is 31.0. The number of carbonyl (C=O) groups is 6. The van der Waals surface area contributed by atoms with Gasteiger partial charge in [0, 0.05) is 33.4 Å². The highest BCUT2D eigenvalue weighted by Crippen LogP contribution is 2.39. The number of carbonyl (C=O) groups excluding carboxylic acids is 6. The molecule has 0 aromatic heterocycles. The van der Waals surface area contributed by atoms with Gasteiger partial charge >= 0.3 is 0 Å². The number of rotatable bonds is 8. The molecule has 3 rings (SSSR count). The third kappa shape index (κ3) is 5.03. The lowest BCUT2D eigenvalue weighted by Crippen LogP contribution is -2.15. The third-order valence-electron chi connectivity index (χ3n) is 6.23. The number of benzene rings is 3. The molecule has 3 aromatic rings. The molecule has 188 valence electrons. The lowest BCUT2D eigenvalue weighted by molar-refractivity contribution is 0.0967. The topological polar surface area (TPSA) is 102 Å². The molecule has 6 nitrogen and oxygen atoms in total. The van der Waals surface area contributed by atoms with Gasteiger partial charge in [0.05, 0.1) is 0 Å². The van der Waals surface area contributed by atoms with Crippen molar-refractivity contribution in [2.45, 2.75) is 41.5 Å². The summed E-state index contributed by atoms with van der Waals surface area (Å²) in [6.45, 7) is 7.93. The van der Waals surface area contributed by atoms with Gasteiger partial charge < -0.3 is 0 Å². The van der Waals surface area contributed by atoms with Gasteiger partial charge in [-0.15, -0.1) is 9.24 Å². The van der Waals surface area contributed by atoms with Crippen LogP contribution in [0.5, 0.6) is 0 Å². The minimum atomic E-state index is -0.422. The molecule has 0 N–H and O–H groups in total. The van der Waals surface area contributed by atoms with Crippen molar-refractivity contribution < 1.29 is 28.8 Å². The van der Waals surface area contributed by atoms with Crippen LogP contribution in [0, 0.1) is 0 Å². The molecular formula is C30H27O6P. The molecule has 0 radical (unpaired) electrons. The maximum atomic E-state index is 12.9. The quantitative estimate of drug-likeness (QED) is 0.281. The molecule has 7 heteroatoms. The summed E-state index contributed by atoms with van der Waals surface area (Å²) < 4.78 is 0. The summed E-state index contributed by atoms with van der Waals surface area (Å²) in [7, 11) is 2.60. The lowest BCUT2D eigenvalue weighted by atomic mass is 9.82. The van der Waals surface area contributed by atoms with E-state index in [0.29, 0.717) is 27.6 Å². The van der Waals surface area contributed by atoms with Crippen LogP contribution in [-0.2, 0) is 0 Å². The Bertz CT molecular complexity index is 1540. The highest BCUT2D eigenvalue weighted by molar-refractivity contribution is 7.28. The molecule has 0 saturated carbocycles. The number of Topliss-reactive ketones (excluding diaryl/α,β-unsaturated/α-hetero) is 6. The molecule has 37 heavy (non-hydrogen) atoms. The van der Waals surface area contributed by atoms with E-state index in [0.717, 1.165) is 0 Å². The fourth-order valence-corrected chi connectivity index (χ4v) is 5.20. The van der Waals surface area contributed by atoms with Crippen LogP contribution in [0.15, 0.2) is 42.5 Å². The first-order chi connectivity index (χ1) is 17.3. The van der Waals surface area contributed by atoms with Crippen molar-refractivity contribution >= 4 is 49.2 Å². The van der Waals surface area contributed by atoms with Gasteiger partial charge in [-0.25, -0.2) is 0 Å². The minimum absolute atomic E-state index is 0.0415. The van der Waals surface area contributed by atoms with E-state index in [4.69, 9.17) is 0 Å². The predicted molar refractivity (Wildman–Crippen MR) is 147 cm³/mol. The van der Waals surface area contributed by atoms with E-state index in [2.05, 4.69) is 9.24 Å². The molecule has 0 aliphatic carbocycles. The van der Waals surface area contributed by atoms with E-state index >= 15 is 0 Å². The molecule has 0 bridgehead atoms. The van der Waals surface area contributed by atoms with Crippen molar-refractivity contribution in [2.75, 3.05) is 0 Å². The van der Waals surface area contributed by atoms with Crippen molar-refractivity contribution in [1.29, 1.82) is 0 Å². The average molecular weight is 515 g/mol. The Morgan fingerprint density at radius 2 is 0.865 bits per heavy atom. The SMILES string of the molecule is CC(=O)c1ccc(-c2cccc(P)c2-c2ccc(C(C)=O)c(C(C)=O)c2C(C)=O)c(C(C)=O)c1C(C)=O. The smallest absolute Gasteiger partial charge is 0.161 e. The zero-order chi connectivity index (χ0) is 27.8. The second kappa shape index (κ2) is 10.6. The Morgan fingerprint density at radius 1 is 0.459 bits per heavy atom. The van der Waals surface area contributed by atoms with E-state index < -0.39 is 23.1 Å². The van der Waals surface area contributed by atoms with E-state index in [1.165, 1.54) is 53.7 Å². The Labute approximate surface area is 217 Å². The summed E-state index contributed by atoms with van der Waals surface area (Å²) in [5.74, 6) is -2.33. The van der Waals surface area contributed by atoms with Gasteiger partial charge in [-0.3, -0.25) is 28.8 Å². The number of ketones is 6. The molecule has 1 atom stereocenters. The summed E-state index contributed by atoms with van der Waals surface area (Å²) in [4.78, 5) is 75.7. The third-order valence-corrected chi connectivity index (χ3v) is 6.71. The standard InChI is InChI=1S/C30H27O6P/c1-14(31)20-10-12-23(28(18(5)35)26(20)16(3)33)22-8-7-9-25(37)30(22)24-13-11-21(15(2)32)27(17(4)34)29(24)19(6)36/h7-13H,37H2,1-6H3. The van der Waals surface area contributed by atoms with Gasteiger partial charge in [0.1, 0.15) is 0 Å². The van der Waals surface area contributed by atoms with Gasteiger partial charge in [0.2, 0.25) is 0 Å². The first-order valence-corrected chi connectivity index (χ1v) is 12.2. The second-order valence-corrected chi connectivity index (χ2v) is 9.55. The summed E-state index contributed by atoms with van der Waals surface area (Å²) in [6, 6.07) is 11.6. The van der Waals surface area contributed by atoms with Crippen molar-refractivity contribution in [3.8, 4) is 22.3 Å². The van der Waals surface area contributed by atoms with Gasteiger partial charge in [-0.1, -0.05) is 42.5 Å². The highest BCUT2D eigenvalue weighted by Gasteiger charge is 2.28. The number of hydrogen-bond donors (Lipinski definition) is 0. The molecule has 0 amide bonds. The van der Waals surface area contributed by atoms with Gasteiger partial charge in [0.25, 0.3) is 0 Å². The Kier molecular flexibility index (Phi) is 7.94. The zero-order valence-electron chi connectivity index (χ0n) is 21.6. The molecule has 0 aliphatic heterocycles.